The van der Waals surface area contributed by atoms with E-state index in [9.17, 15) is 9.59 Å². The number of carbonyl (C=O) groups excluding carboxylic acids is 2. The van der Waals surface area contributed by atoms with Crippen LogP contribution in [0.4, 0.5) is 5.69 Å². The number of hydrogen-bond donors (Lipinski definition) is 1. The Balaban J connectivity index is 1.65. The number of carbonyl (C=O) groups is 2. The molecule has 1 fully saturated rings. The smallest absolute Gasteiger partial charge is 0.253 e. The van der Waals surface area contributed by atoms with Crippen molar-refractivity contribution in [1.29, 1.82) is 0 Å². The molecule has 5 heteroatoms. The van der Waals surface area contributed by atoms with Gasteiger partial charge in [0.2, 0.25) is 5.91 Å². The number of halogens is 1. The van der Waals surface area contributed by atoms with Gasteiger partial charge < -0.3 is 10.2 Å². The Hall–Kier alpha value is -2.33. The summed E-state index contributed by atoms with van der Waals surface area (Å²) in [6.07, 6.45) is 1.61. The second kappa shape index (κ2) is 7.70. The summed E-state index contributed by atoms with van der Waals surface area (Å²) in [5.74, 6) is -0.305. The van der Waals surface area contributed by atoms with Gasteiger partial charge in [-0.3, -0.25) is 9.59 Å². The van der Waals surface area contributed by atoms with Crippen molar-refractivity contribution in [2.24, 2.45) is 5.92 Å². The third kappa shape index (κ3) is 4.40. The maximum atomic E-state index is 12.7. The van der Waals surface area contributed by atoms with Crippen LogP contribution in [0.2, 0.25) is 5.02 Å². The molecule has 0 bridgehead atoms. The van der Waals surface area contributed by atoms with Gasteiger partial charge in [-0.25, -0.2) is 0 Å². The van der Waals surface area contributed by atoms with E-state index >= 15 is 0 Å². The van der Waals surface area contributed by atoms with Gasteiger partial charge in [0.15, 0.2) is 0 Å². The van der Waals surface area contributed by atoms with Crippen LogP contribution in [0.3, 0.4) is 0 Å². The summed E-state index contributed by atoms with van der Waals surface area (Å²) in [7, 11) is 0. The molecular formula is C20H21ClN2O2. The number of amides is 2. The van der Waals surface area contributed by atoms with E-state index in [2.05, 4.69) is 5.32 Å². The van der Waals surface area contributed by atoms with E-state index in [0.717, 1.165) is 24.1 Å². The van der Waals surface area contributed by atoms with Gasteiger partial charge in [0, 0.05) is 29.4 Å². The van der Waals surface area contributed by atoms with E-state index in [-0.39, 0.29) is 17.7 Å². The van der Waals surface area contributed by atoms with Gasteiger partial charge >= 0.3 is 0 Å². The largest absolute Gasteiger partial charge is 0.338 e. The lowest BCUT2D eigenvalue weighted by Crippen LogP contribution is -2.43. The molecule has 2 amide bonds. The molecule has 1 heterocycles. The normalized spacial score (nSPS) is 17.2. The molecule has 0 aromatic heterocycles. The van der Waals surface area contributed by atoms with E-state index in [0.29, 0.717) is 23.7 Å². The fraction of sp³-hybridized carbons (Fsp3) is 0.300. The monoisotopic (exact) mass is 356 g/mol. The average molecular weight is 357 g/mol. The van der Waals surface area contributed by atoms with Gasteiger partial charge in [0.1, 0.15) is 0 Å². The molecular weight excluding hydrogens is 336 g/mol. The zero-order valence-corrected chi connectivity index (χ0v) is 14.9. The van der Waals surface area contributed by atoms with Crippen molar-refractivity contribution in [2.45, 2.75) is 19.8 Å². The summed E-state index contributed by atoms with van der Waals surface area (Å²) < 4.78 is 0. The molecule has 130 valence electrons. The minimum atomic E-state index is -0.196. The van der Waals surface area contributed by atoms with Crippen LogP contribution in [0.1, 0.15) is 28.8 Å². The number of piperidine rings is 1. The number of aryl methyl sites for hydroxylation is 1. The van der Waals surface area contributed by atoms with E-state index in [1.165, 1.54) is 0 Å². The topological polar surface area (TPSA) is 49.4 Å². The highest BCUT2D eigenvalue weighted by molar-refractivity contribution is 6.30. The molecule has 1 N–H and O–H groups in total. The van der Waals surface area contributed by atoms with Gasteiger partial charge in [-0.15, -0.1) is 0 Å². The van der Waals surface area contributed by atoms with Crippen LogP contribution < -0.4 is 5.32 Å². The lowest BCUT2D eigenvalue weighted by molar-refractivity contribution is -0.121. The van der Waals surface area contributed by atoms with E-state index in [1.807, 2.05) is 31.2 Å². The number of nitrogens with zero attached hydrogens (tertiary/aromatic N) is 1. The van der Waals surface area contributed by atoms with Crippen molar-refractivity contribution in [3.63, 3.8) is 0 Å². The molecule has 1 aliphatic heterocycles. The number of rotatable bonds is 3. The minimum Gasteiger partial charge on any atom is -0.338 e. The molecule has 25 heavy (non-hydrogen) atoms. The molecule has 0 aliphatic carbocycles. The maximum Gasteiger partial charge on any atom is 0.253 e. The highest BCUT2D eigenvalue weighted by atomic mass is 35.5. The van der Waals surface area contributed by atoms with Gasteiger partial charge in [0.05, 0.1) is 5.92 Å². The lowest BCUT2D eigenvalue weighted by Gasteiger charge is -2.32. The quantitative estimate of drug-likeness (QED) is 0.898. The predicted octanol–water partition coefficient (Wildman–Crippen LogP) is 4.14. The van der Waals surface area contributed by atoms with Gasteiger partial charge in [0.25, 0.3) is 5.91 Å². The first-order chi connectivity index (χ1) is 12.0. The number of hydrogen-bond acceptors (Lipinski definition) is 2. The Bertz CT molecular complexity index is 774. The maximum absolute atomic E-state index is 12.7. The third-order valence-electron chi connectivity index (χ3n) is 4.47. The van der Waals surface area contributed by atoms with Crippen molar-refractivity contribution in [3.05, 3.63) is 64.7 Å². The van der Waals surface area contributed by atoms with Crippen LogP contribution in [-0.2, 0) is 4.79 Å². The SMILES string of the molecule is Cc1ccc(NC(=O)[C@H]2CCCN(C(=O)c3cccc(Cl)c3)C2)cc1. The van der Waals surface area contributed by atoms with Crippen LogP contribution in [-0.4, -0.2) is 29.8 Å². The molecule has 3 rings (SSSR count). The molecule has 0 radical (unpaired) electrons. The molecule has 4 nitrogen and oxygen atoms in total. The van der Waals surface area contributed by atoms with Crippen LogP contribution in [0.25, 0.3) is 0 Å². The fourth-order valence-electron chi connectivity index (χ4n) is 3.06. The molecule has 0 unspecified atom stereocenters. The zero-order valence-electron chi connectivity index (χ0n) is 14.2. The Kier molecular flexibility index (Phi) is 5.39. The molecule has 1 atom stereocenters. The number of anilines is 1. The first-order valence-corrected chi connectivity index (χ1v) is 8.83. The Morgan fingerprint density at radius 1 is 1.16 bits per heavy atom. The standard InChI is InChI=1S/C20H21ClN2O2/c1-14-7-9-18(10-8-14)22-19(24)16-5-3-11-23(13-16)20(25)15-4-2-6-17(21)12-15/h2,4,6-10,12,16H,3,5,11,13H2,1H3,(H,22,24)/t16-/m0/s1. The Morgan fingerprint density at radius 2 is 1.92 bits per heavy atom. The lowest BCUT2D eigenvalue weighted by atomic mass is 9.96. The van der Waals surface area contributed by atoms with Crippen LogP contribution >= 0.6 is 11.6 Å². The first kappa shape index (κ1) is 17.5. The van der Waals surface area contributed by atoms with Crippen molar-refractivity contribution >= 4 is 29.1 Å². The number of benzene rings is 2. The van der Waals surface area contributed by atoms with Crippen molar-refractivity contribution in [2.75, 3.05) is 18.4 Å². The highest BCUT2D eigenvalue weighted by Crippen LogP contribution is 2.21. The molecule has 0 spiro atoms. The molecule has 0 saturated carbocycles. The van der Waals surface area contributed by atoms with E-state index in [4.69, 9.17) is 11.6 Å². The Labute approximate surface area is 152 Å². The fourth-order valence-corrected chi connectivity index (χ4v) is 3.25. The van der Waals surface area contributed by atoms with E-state index in [1.54, 1.807) is 29.2 Å². The number of nitrogens with one attached hydrogen (secondary N) is 1. The summed E-state index contributed by atoms with van der Waals surface area (Å²) in [5.41, 5.74) is 2.50. The molecule has 2 aromatic carbocycles. The summed E-state index contributed by atoms with van der Waals surface area (Å²) in [6, 6.07) is 14.6. The second-order valence-corrected chi connectivity index (χ2v) is 6.89. The highest BCUT2D eigenvalue weighted by Gasteiger charge is 2.29. The van der Waals surface area contributed by atoms with Crippen LogP contribution in [0.5, 0.6) is 0 Å². The minimum absolute atomic E-state index is 0.0348. The second-order valence-electron chi connectivity index (χ2n) is 6.46. The molecule has 1 aliphatic rings. The van der Waals surface area contributed by atoms with Gasteiger partial charge in [-0.05, 0) is 50.1 Å². The predicted molar refractivity (Wildman–Crippen MR) is 99.9 cm³/mol. The van der Waals surface area contributed by atoms with Crippen LogP contribution in [0, 0.1) is 12.8 Å². The van der Waals surface area contributed by atoms with Crippen LogP contribution in [0.15, 0.2) is 48.5 Å². The summed E-state index contributed by atoms with van der Waals surface area (Å²) >= 11 is 5.97. The zero-order chi connectivity index (χ0) is 17.8. The number of likely N-dealkylation sites (tertiary alicyclic amines) is 1. The molecule has 2 aromatic rings. The Morgan fingerprint density at radius 3 is 2.64 bits per heavy atom. The van der Waals surface area contributed by atoms with E-state index < -0.39 is 0 Å². The summed E-state index contributed by atoms with van der Waals surface area (Å²) in [4.78, 5) is 26.9. The van der Waals surface area contributed by atoms with Crippen molar-refractivity contribution < 1.29 is 9.59 Å². The van der Waals surface area contributed by atoms with Gasteiger partial charge in [-0.2, -0.15) is 0 Å². The summed E-state index contributed by atoms with van der Waals surface area (Å²) in [5, 5.41) is 3.49. The first-order valence-electron chi connectivity index (χ1n) is 8.45. The third-order valence-corrected chi connectivity index (χ3v) is 4.71. The summed E-state index contributed by atoms with van der Waals surface area (Å²) in [6.45, 7) is 3.11. The average Bonchev–Trinajstić information content (AvgIpc) is 2.63. The van der Waals surface area contributed by atoms with Crippen molar-refractivity contribution in [3.8, 4) is 0 Å². The molecule has 1 saturated heterocycles. The van der Waals surface area contributed by atoms with Crippen molar-refractivity contribution in [1.82, 2.24) is 4.90 Å². The van der Waals surface area contributed by atoms with Gasteiger partial charge in [-0.1, -0.05) is 35.4 Å².